The van der Waals surface area contributed by atoms with Gasteiger partial charge in [0.05, 0.1) is 0 Å². The molecule has 3 aromatic carbocycles. The standard InChI is InChI=1S/C24H37.C18H27.C16H23.4CH4.3Y/c1-18-7-11-23(12-8-18)24-13-9-21(10-14-24)5-4-6-22-16-19(2)15-20(3)17-22;1-14-7-9-17(10-8-14)5-4-6-18-12-15(2)11-16(3)13-18;1-12-4-6-15(7-5-12)11-16-9-13(2)8-14(3)10-16;;;;;;;/h16-18,21,23-24H,4-14H2,1-3H3;12-14,17H,4-10H2,1-3H3;9-10,12,15H,4-7,11H2,1-3H3;4*1H4;;;/q3*-1;;;;;;;. The summed E-state index contributed by atoms with van der Waals surface area (Å²) >= 11 is 0. The van der Waals surface area contributed by atoms with E-state index in [9.17, 15) is 0 Å². The molecule has 0 aliphatic heterocycles. The molecule has 0 unspecified atom stereocenters. The molecule has 0 saturated heterocycles. The van der Waals surface area contributed by atoms with Crippen LogP contribution in [0.1, 0.15) is 229 Å². The number of benzene rings is 3. The Balaban J connectivity index is -0.000000859. The van der Waals surface area contributed by atoms with Gasteiger partial charge in [-0.3, -0.25) is 0 Å². The third-order valence-electron chi connectivity index (χ3n) is 15.2. The van der Waals surface area contributed by atoms with E-state index in [0.29, 0.717) is 0 Å². The van der Waals surface area contributed by atoms with Crippen LogP contribution in [0.15, 0.2) is 36.4 Å². The topological polar surface area (TPSA) is 0 Å². The molecule has 0 nitrogen and oxygen atoms in total. The first-order valence-corrected chi connectivity index (χ1v) is 24.8. The van der Waals surface area contributed by atoms with Gasteiger partial charge in [0.15, 0.2) is 0 Å². The van der Waals surface area contributed by atoms with Crippen LogP contribution >= 0.6 is 0 Å². The SMILES string of the molecule is C.C.C.C.Cc1[c-]c(C)cc(CC2CCC(C)CC2)c1.Cc1[c-]c(C)cc(CCCC2CCC(C)CC2)c1.Cc1[c-]c(C)cc(CCCC2CCC(C3CCC(C)CC3)CC2)c1.[Y].[Y].[Y]. The Morgan fingerprint density at radius 1 is 0.354 bits per heavy atom. The van der Waals surface area contributed by atoms with Gasteiger partial charge in [0.1, 0.15) is 0 Å². The summed E-state index contributed by atoms with van der Waals surface area (Å²) in [5.41, 5.74) is 12.3. The molecule has 65 heavy (non-hydrogen) atoms. The quantitative estimate of drug-likeness (QED) is 0.168. The molecule has 0 aromatic heterocycles. The molecule has 4 aliphatic carbocycles. The molecule has 4 aliphatic rings. The van der Waals surface area contributed by atoms with Gasteiger partial charge in [-0.15, -0.1) is 0 Å². The molecule has 3 radical (unpaired) electrons. The predicted molar refractivity (Wildman–Crippen MR) is 280 cm³/mol. The summed E-state index contributed by atoms with van der Waals surface area (Å²) in [5, 5.41) is 0. The molecule has 7 rings (SSSR count). The van der Waals surface area contributed by atoms with Crippen molar-refractivity contribution in [3.8, 4) is 0 Å². The third kappa shape index (κ3) is 27.4. The van der Waals surface area contributed by atoms with E-state index in [0.717, 1.165) is 47.3 Å². The van der Waals surface area contributed by atoms with Crippen LogP contribution in [0.5, 0.6) is 0 Å². The molecule has 0 spiro atoms. The maximum absolute atomic E-state index is 3.39. The molecule has 0 heterocycles. The predicted octanol–water partition coefficient (Wildman–Crippen LogP) is 19.3. The first-order valence-electron chi connectivity index (χ1n) is 24.8. The Morgan fingerprint density at radius 2 is 0.600 bits per heavy atom. The van der Waals surface area contributed by atoms with E-state index >= 15 is 0 Å². The van der Waals surface area contributed by atoms with E-state index in [1.807, 2.05) is 0 Å². The Bertz CT molecular complexity index is 1550. The van der Waals surface area contributed by atoms with Crippen molar-refractivity contribution in [3.05, 3.63) is 105 Å². The second kappa shape index (κ2) is 37.7. The van der Waals surface area contributed by atoms with Gasteiger partial charge in [-0.1, -0.05) is 195 Å². The Labute approximate surface area is 484 Å². The molecule has 363 valence electrons. The third-order valence-corrected chi connectivity index (χ3v) is 15.2. The summed E-state index contributed by atoms with van der Waals surface area (Å²) in [6.45, 7) is 20.2. The van der Waals surface area contributed by atoms with Gasteiger partial charge in [-0.2, -0.15) is 105 Å². The number of aryl methyl sites for hydroxylation is 8. The van der Waals surface area contributed by atoms with Crippen molar-refractivity contribution in [1.82, 2.24) is 0 Å². The minimum Gasteiger partial charge on any atom is -0.177 e. The van der Waals surface area contributed by atoms with E-state index in [1.54, 1.807) is 0 Å². The van der Waals surface area contributed by atoms with Gasteiger partial charge in [0, 0.05) is 98.1 Å². The van der Waals surface area contributed by atoms with Crippen LogP contribution in [0, 0.1) is 107 Å². The molecule has 0 amide bonds. The average Bonchev–Trinajstić information content (AvgIpc) is 3.17. The van der Waals surface area contributed by atoms with Crippen molar-refractivity contribution in [3.63, 3.8) is 0 Å². The van der Waals surface area contributed by atoms with Crippen molar-refractivity contribution >= 4 is 0 Å². The average molecular weight is 1120 g/mol. The zero-order valence-electron chi connectivity index (χ0n) is 41.1. The summed E-state index contributed by atoms with van der Waals surface area (Å²) in [6.07, 6.45) is 33.1. The van der Waals surface area contributed by atoms with Crippen molar-refractivity contribution in [2.75, 3.05) is 0 Å². The molecule has 3 aromatic rings. The minimum absolute atomic E-state index is 0. The van der Waals surface area contributed by atoms with Crippen LogP contribution in [-0.2, 0) is 117 Å². The second-order valence-corrected chi connectivity index (χ2v) is 21.1. The summed E-state index contributed by atoms with van der Waals surface area (Å²) in [4.78, 5) is 0. The monoisotopic (exact) mass is 1110 g/mol. The fourth-order valence-electron chi connectivity index (χ4n) is 11.7. The van der Waals surface area contributed by atoms with Crippen LogP contribution in [-0.4, -0.2) is 0 Å². The summed E-state index contributed by atoms with van der Waals surface area (Å²) in [6, 6.07) is 24.0. The van der Waals surface area contributed by atoms with Crippen molar-refractivity contribution in [1.29, 1.82) is 0 Å². The van der Waals surface area contributed by atoms with E-state index in [-0.39, 0.29) is 128 Å². The zero-order valence-corrected chi connectivity index (χ0v) is 49.6. The number of rotatable bonds is 11. The number of hydrogen-bond acceptors (Lipinski definition) is 0. The molecular formula is C62H103Y3-3. The minimum atomic E-state index is 0. The van der Waals surface area contributed by atoms with Gasteiger partial charge in [-0.25, -0.2) is 0 Å². The van der Waals surface area contributed by atoms with Crippen LogP contribution in [0.2, 0.25) is 0 Å². The van der Waals surface area contributed by atoms with E-state index in [1.165, 1.54) is 198 Å². The molecule has 4 fully saturated rings. The number of hydrogen-bond donors (Lipinski definition) is 0. The summed E-state index contributed by atoms with van der Waals surface area (Å²) in [5.74, 6) is 8.05. The Kier molecular flexibility index (Phi) is 40.7. The molecule has 3 heteroatoms. The zero-order chi connectivity index (χ0) is 41.4. The van der Waals surface area contributed by atoms with Crippen molar-refractivity contribution in [2.45, 2.75) is 240 Å². The smallest absolute Gasteiger partial charge is 0 e. The normalized spacial score (nSPS) is 24.5. The van der Waals surface area contributed by atoms with Crippen molar-refractivity contribution < 1.29 is 98.1 Å². The van der Waals surface area contributed by atoms with Crippen LogP contribution in [0.4, 0.5) is 0 Å². The van der Waals surface area contributed by atoms with Crippen LogP contribution in [0.3, 0.4) is 0 Å². The van der Waals surface area contributed by atoms with Gasteiger partial charge in [0.2, 0.25) is 0 Å². The maximum atomic E-state index is 3.39. The van der Waals surface area contributed by atoms with Crippen molar-refractivity contribution in [2.24, 2.45) is 47.3 Å². The van der Waals surface area contributed by atoms with E-state index in [4.69, 9.17) is 0 Å². The summed E-state index contributed by atoms with van der Waals surface area (Å²) in [7, 11) is 0. The van der Waals surface area contributed by atoms with Crippen LogP contribution in [0.25, 0.3) is 0 Å². The van der Waals surface area contributed by atoms with Gasteiger partial charge >= 0.3 is 0 Å². The molecule has 4 saturated carbocycles. The largest absolute Gasteiger partial charge is 0.177 e. The summed E-state index contributed by atoms with van der Waals surface area (Å²) < 4.78 is 0. The van der Waals surface area contributed by atoms with E-state index < -0.39 is 0 Å². The fourth-order valence-corrected chi connectivity index (χ4v) is 11.7. The van der Waals surface area contributed by atoms with Crippen LogP contribution < -0.4 is 0 Å². The fraction of sp³-hybridized carbons (Fsp3) is 0.710. The Morgan fingerprint density at radius 3 is 0.923 bits per heavy atom. The molecular weight excluding hydrogens is 1010 g/mol. The Hall–Kier alpha value is 0.972. The first kappa shape index (κ1) is 70.2. The molecule has 0 N–H and O–H groups in total. The molecule has 0 bridgehead atoms. The van der Waals surface area contributed by atoms with Gasteiger partial charge < -0.3 is 0 Å². The van der Waals surface area contributed by atoms with Gasteiger partial charge in [0.25, 0.3) is 0 Å². The van der Waals surface area contributed by atoms with Gasteiger partial charge in [-0.05, 0) is 92.3 Å². The van der Waals surface area contributed by atoms with E-state index in [2.05, 4.69) is 117 Å². The second-order valence-electron chi connectivity index (χ2n) is 21.1. The molecule has 0 atom stereocenters. The maximum Gasteiger partial charge on any atom is 0 e. The first-order chi connectivity index (χ1) is 27.9.